The number of anilines is 1. The first-order valence-corrected chi connectivity index (χ1v) is 13.0. The summed E-state index contributed by atoms with van der Waals surface area (Å²) in [6.45, 7) is 2.16. The minimum Gasteiger partial charge on any atom is -0.427 e. The maximum Gasteiger partial charge on any atom is 0.434 e. The predicted octanol–water partition coefficient (Wildman–Crippen LogP) is 3.46. The molecule has 206 valence electrons. The molecule has 1 heterocycles. The van der Waals surface area contributed by atoms with Gasteiger partial charge in [0.1, 0.15) is 0 Å². The van der Waals surface area contributed by atoms with Gasteiger partial charge in [-0.05, 0) is 37.7 Å². The predicted molar refractivity (Wildman–Crippen MR) is 121 cm³/mol. The van der Waals surface area contributed by atoms with Crippen molar-refractivity contribution in [2.45, 2.75) is 31.4 Å². The molecular formula is C20H27ClF6N4O4S. The molecule has 1 amide bonds. The summed E-state index contributed by atoms with van der Waals surface area (Å²) in [6, 6.07) is 5.30. The molecule has 0 atom stereocenters. The molecule has 16 heteroatoms. The number of nitrogens with zero attached hydrogens (tertiary/aromatic N) is 3. The van der Waals surface area contributed by atoms with Crippen molar-refractivity contribution >= 4 is 33.4 Å². The number of hydrogen-bond donors (Lipinski definition) is 1. The number of alkyl halides is 6. The van der Waals surface area contributed by atoms with Gasteiger partial charge in [-0.1, -0.05) is 17.7 Å². The minimum atomic E-state index is -5.77. The molecule has 0 saturated carbocycles. The van der Waals surface area contributed by atoms with Crippen LogP contribution >= 0.6 is 11.6 Å². The molecule has 0 aromatic heterocycles. The van der Waals surface area contributed by atoms with Crippen LogP contribution in [0.4, 0.5) is 36.8 Å². The number of benzene rings is 1. The van der Waals surface area contributed by atoms with E-state index in [9.17, 15) is 39.6 Å². The summed E-state index contributed by atoms with van der Waals surface area (Å²) in [5.41, 5.74) is 1.72. The number of ether oxygens (including phenoxy) is 1. The third kappa shape index (κ3) is 9.16. The van der Waals surface area contributed by atoms with Gasteiger partial charge in [0.15, 0.2) is 0 Å². The molecule has 1 aromatic rings. The smallest absolute Gasteiger partial charge is 0.427 e. The Kier molecular flexibility index (Phi) is 10.1. The van der Waals surface area contributed by atoms with E-state index < -0.39 is 34.6 Å². The maximum atomic E-state index is 12.5. The summed E-state index contributed by atoms with van der Waals surface area (Å²) in [5, 5.41) is 2.40. The highest BCUT2D eigenvalue weighted by molar-refractivity contribution is 7.88. The van der Waals surface area contributed by atoms with Crippen molar-refractivity contribution in [3.05, 3.63) is 28.8 Å². The highest BCUT2D eigenvalue weighted by Crippen LogP contribution is 2.35. The zero-order valence-corrected chi connectivity index (χ0v) is 21.1. The maximum absolute atomic E-state index is 12.5. The fourth-order valence-corrected chi connectivity index (χ4v) is 4.60. The molecule has 1 aliphatic rings. The van der Waals surface area contributed by atoms with Crippen molar-refractivity contribution in [3.8, 4) is 0 Å². The van der Waals surface area contributed by atoms with Crippen LogP contribution in [0.15, 0.2) is 18.2 Å². The number of alkyl carbamates (subject to hydrolysis) is 1. The Morgan fingerprint density at radius 3 is 2.25 bits per heavy atom. The Morgan fingerprint density at radius 1 is 1.14 bits per heavy atom. The third-order valence-electron chi connectivity index (χ3n) is 5.34. The number of sulfonamides is 1. The Labute approximate surface area is 210 Å². The molecule has 1 fully saturated rings. The summed E-state index contributed by atoms with van der Waals surface area (Å²) in [6.07, 6.45) is -16.2. The molecule has 36 heavy (non-hydrogen) atoms. The van der Waals surface area contributed by atoms with E-state index in [2.05, 4.69) is 4.74 Å². The van der Waals surface area contributed by atoms with Crippen LogP contribution in [0.25, 0.3) is 0 Å². The number of hydrogen-bond acceptors (Lipinski definition) is 6. The normalized spacial score (nSPS) is 16.0. The van der Waals surface area contributed by atoms with Crippen molar-refractivity contribution in [2.75, 3.05) is 57.5 Å². The second kappa shape index (κ2) is 12.0. The molecule has 8 nitrogen and oxygen atoms in total. The number of nitrogens with one attached hydrogen (secondary N) is 1. The second-order valence-corrected chi connectivity index (χ2v) is 10.7. The average Bonchev–Trinajstić information content (AvgIpc) is 2.74. The van der Waals surface area contributed by atoms with E-state index >= 15 is 0 Å². The van der Waals surface area contributed by atoms with Gasteiger partial charge in [0, 0.05) is 50.0 Å². The lowest BCUT2D eigenvalue weighted by molar-refractivity contribution is -0.307. The average molecular weight is 569 g/mol. The zero-order chi connectivity index (χ0) is 27.3. The van der Waals surface area contributed by atoms with Gasteiger partial charge in [0.05, 0.1) is 6.26 Å². The number of carbonyl (C=O) groups excluding carboxylic acids is 1. The van der Waals surface area contributed by atoms with E-state index in [1.807, 2.05) is 21.2 Å². The summed E-state index contributed by atoms with van der Waals surface area (Å²) >= 11 is 6.16. The van der Waals surface area contributed by atoms with Crippen LogP contribution in [0, 0.1) is 0 Å². The van der Waals surface area contributed by atoms with Crippen LogP contribution < -0.4 is 10.2 Å². The van der Waals surface area contributed by atoms with Gasteiger partial charge >= 0.3 is 18.4 Å². The monoisotopic (exact) mass is 568 g/mol. The van der Waals surface area contributed by atoms with Crippen LogP contribution in [-0.2, 0) is 21.3 Å². The third-order valence-corrected chi connectivity index (χ3v) is 6.88. The van der Waals surface area contributed by atoms with Gasteiger partial charge in [0.25, 0.3) is 6.10 Å². The highest BCUT2D eigenvalue weighted by Gasteiger charge is 2.60. The Bertz CT molecular complexity index is 987. The van der Waals surface area contributed by atoms with Crippen LogP contribution in [0.1, 0.15) is 12.0 Å². The second-order valence-electron chi connectivity index (χ2n) is 8.31. The summed E-state index contributed by atoms with van der Waals surface area (Å²) in [5.74, 6) is 0. The number of amides is 1. The highest BCUT2D eigenvalue weighted by atomic mass is 35.5. The SMILES string of the molecule is CN(CCCNC(=O)OC(C(F)(F)F)C(F)(F)F)Cc1ccc(Cl)cc1N1CCN(S(C)(=O)=O)CC1. The van der Waals surface area contributed by atoms with Crippen molar-refractivity contribution in [3.63, 3.8) is 0 Å². The quantitative estimate of drug-likeness (QED) is 0.363. The molecule has 2 rings (SSSR count). The molecule has 0 unspecified atom stereocenters. The van der Waals surface area contributed by atoms with Crippen molar-refractivity contribution in [1.82, 2.24) is 14.5 Å². The van der Waals surface area contributed by atoms with Crippen molar-refractivity contribution < 1.29 is 44.3 Å². The fourth-order valence-electron chi connectivity index (χ4n) is 3.60. The van der Waals surface area contributed by atoms with Gasteiger partial charge in [-0.2, -0.15) is 30.6 Å². The van der Waals surface area contributed by atoms with E-state index in [0.717, 1.165) is 17.5 Å². The lowest BCUT2D eigenvalue weighted by Gasteiger charge is -2.36. The summed E-state index contributed by atoms with van der Waals surface area (Å²) in [7, 11) is -1.54. The number of halogens is 7. The van der Waals surface area contributed by atoms with E-state index in [-0.39, 0.29) is 13.0 Å². The summed E-state index contributed by atoms with van der Waals surface area (Å²) in [4.78, 5) is 15.3. The van der Waals surface area contributed by atoms with Gasteiger partial charge in [-0.3, -0.25) is 0 Å². The molecule has 1 N–H and O–H groups in total. The van der Waals surface area contributed by atoms with Gasteiger partial charge < -0.3 is 19.9 Å². The van der Waals surface area contributed by atoms with Gasteiger partial charge in [0.2, 0.25) is 10.0 Å². The molecule has 0 radical (unpaired) electrons. The van der Waals surface area contributed by atoms with Crippen molar-refractivity contribution in [2.24, 2.45) is 0 Å². The van der Waals surface area contributed by atoms with E-state index in [0.29, 0.717) is 44.3 Å². The van der Waals surface area contributed by atoms with Gasteiger partial charge in [-0.15, -0.1) is 0 Å². The summed E-state index contributed by atoms with van der Waals surface area (Å²) < 4.78 is 103. The topological polar surface area (TPSA) is 82.2 Å². The Morgan fingerprint density at radius 2 is 1.72 bits per heavy atom. The molecule has 1 saturated heterocycles. The van der Waals surface area contributed by atoms with Gasteiger partial charge in [-0.25, -0.2) is 13.2 Å². The molecule has 0 aliphatic carbocycles. The van der Waals surface area contributed by atoms with Crippen LogP contribution in [0.2, 0.25) is 5.02 Å². The number of carbonyl (C=O) groups is 1. The standard InChI is InChI=1S/C20H27ClF6N4O4S/c1-29(7-3-6-28-18(32)35-17(19(22,23)24)20(25,26)27)13-14-4-5-15(21)12-16(14)30-8-10-31(11-9-30)36(2,33)34/h4-5,12,17H,3,6-11,13H2,1-2H3,(H,28,32). The van der Waals surface area contributed by atoms with Crippen molar-refractivity contribution in [1.29, 1.82) is 0 Å². The number of rotatable bonds is 9. The first-order valence-electron chi connectivity index (χ1n) is 10.7. The molecule has 1 aliphatic heterocycles. The van der Waals surface area contributed by atoms with Crippen LogP contribution in [0.3, 0.4) is 0 Å². The minimum absolute atomic E-state index is 0.202. The molecule has 0 spiro atoms. The zero-order valence-electron chi connectivity index (χ0n) is 19.5. The first kappa shape index (κ1) is 30.3. The lowest BCUT2D eigenvalue weighted by Crippen LogP contribution is -2.48. The van der Waals surface area contributed by atoms with Crippen LogP contribution in [0.5, 0.6) is 0 Å². The largest absolute Gasteiger partial charge is 0.434 e. The Balaban J connectivity index is 1.87. The van der Waals surface area contributed by atoms with E-state index in [4.69, 9.17) is 11.6 Å². The molecule has 0 bridgehead atoms. The van der Waals surface area contributed by atoms with Crippen LogP contribution in [-0.4, -0.2) is 94.7 Å². The Hall–Kier alpha value is -1.97. The molecular weight excluding hydrogens is 542 g/mol. The molecule has 1 aromatic carbocycles. The fraction of sp³-hybridized carbons (Fsp3) is 0.650. The van der Waals surface area contributed by atoms with E-state index in [1.54, 1.807) is 19.2 Å². The number of piperazine rings is 1. The lowest BCUT2D eigenvalue weighted by atomic mass is 10.1. The van der Waals surface area contributed by atoms with E-state index in [1.165, 1.54) is 4.31 Å². The first-order chi connectivity index (χ1) is 16.5.